The molecule has 0 saturated heterocycles. The van der Waals surface area contributed by atoms with Crippen LogP contribution in [0.2, 0.25) is 0 Å². The molecule has 0 atom stereocenters. The zero-order chi connectivity index (χ0) is 21.3. The summed E-state index contributed by atoms with van der Waals surface area (Å²) in [5.74, 6) is -0.663. The lowest BCUT2D eigenvalue weighted by molar-refractivity contribution is -0.137. The lowest BCUT2D eigenvalue weighted by atomic mass is 10.0. The van der Waals surface area contributed by atoms with E-state index in [-0.39, 0.29) is 0 Å². The van der Waals surface area contributed by atoms with Crippen molar-refractivity contribution in [1.29, 1.82) is 0 Å². The molecule has 172 valence electrons. The molecule has 0 heterocycles. The van der Waals surface area contributed by atoms with E-state index >= 15 is 0 Å². The van der Waals surface area contributed by atoms with Crippen LogP contribution in [0, 0.1) is 0 Å². The summed E-state index contributed by atoms with van der Waals surface area (Å²) in [4.78, 5) is 10.4. The first-order valence-electron chi connectivity index (χ1n) is 13.1. The molecule has 0 bridgehead atoms. The minimum atomic E-state index is -0.663. The van der Waals surface area contributed by atoms with E-state index in [1.165, 1.54) is 116 Å². The summed E-state index contributed by atoms with van der Waals surface area (Å²) in [5.41, 5.74) is 0. The highest BCUT2D eigenvalue weighted by Gasteiger charge is 1.96. The van der Waals surface area contributed by atoms with Crippen molar-refractivity contribution in [1.82, 2.24) is 0 Å². The second-order valence-electron chi connectivity index (χ2n) is 8.91. The molecule has 0 spiro atoms. The van der Waals surface area contributed by atoms with Crippen molar-refractivity contribution >= 4 is 5.97 Å². The van der Waals surface area contributed by atoms with Gasteiger partial charge < -0.3 is 5.11 Å². The molecule has 0 fully saturated rings. The van der Waals surface area contributed by atoms with E-state index in [2.05, 4.69) is 19.1 Å². The van der Waals surface area contributed by atoms with Gasteiger partial charge in [0.2, 0.25) is 0 Å². The summed E-state index contributed by atoms with van der Waals surface area (Å²) < 4.78 is 0. The molecule has 0 aromatic rings. The van der Waals surface area contributed by atoms with Crippen molar-refractivity contribution in [3.8, 4) is 0 Å². The number of rotatable bonds is 24. The molecular weight excluding hydrogens is 356 g/mol. The summed E-state index contributed by atoms with van der Waals surface area (Å²) >= 11 is 0. The van der Waals surface area contributed by atoms with Crippen molar-refractivity contribution in [3.63, 3.8) is 0 Å². The number of carboxylic acid groups (broad SMARTS) is 1. The molecule has 0 aliphatic carbocycles. The molecular formula is C27H52O2. The molecule has 0 rings (SSSR count). The zero-order valence-corrected chi connectivity index (χ0v) is 19.8. The first kappa shape index (κ1) is 28.2. The number of carboxylic acids is 1. The van der Waals surface area contributed by atoms with Crippen molar-refractivity contribution < 1.29 is 9.90 Å². The first-order chi connectivity index (χ1) is 14.3. The van der Waals surface area contributed by atoms with E-state index < -0.39 is 5.97 Å². The van der Waals surface area contributed by atoms with E-state index in [9.17, 15) is 4.79 Å². The van der Waals surface area contributed by atoms with Crippen LogP contribution in [0.5, 0.6) is 0 Å². The largest absolute Gasteiger partial charge is 0.481 e. The van der Waals surface area contributed by atoms with Gasteiger partial charge in [0.1, 0.15) is 0 Å². The molecule has 0 aromatic heterocycles. The van der Waals surface area contributed by atoms with Gasteiger partial charge in [0.25, 0.3) is 0 Å². The average Bonchev–Trinajstić information content (AvgIpc) is 2.71. The maximum Gasteiger partial charge on any atom is 0.303 e. The van der Waals surface area contributed by atoms with Crippen LogP contribution in [0.25, 0.3) is 0 Å². The monoisotopic (exact) mass is 408 g/mol. The van der Waals surface area contributed by atoms with Crippen molar-refractivity contribution in [3.05, 3.63) is 12.2 Å². The maximum atomic E-state index is 10.4. The van der Waals surface area contributed by atoms with Crippen LogP contribution in [-0.4, -0.2) is 11.1 Å². The fraction of sp³-hybridized carbons (Fsp3) is 0.889. The Morgan fingerprint density at radius 3 is 1.17 bits per heavy atom. The predicted molar refractivity (Wildman–Crippen MR) is 129 cm³/mol. The summed E-state index contributed by atoms with van der Waals surface area (Å²) in [6.07, 6.45) is 34.5. The van der Waals surface area contributed by atoms with Crippen LogP contribution in [0.3, 0.4) is 0 Å². The second kappa shape index (κ2) is 25.2. The predicted octanol–water partition coefficient (Wildman–Crippen LogP) is 9.62. The van der Waals surface area contributed by atoms with Crippen LogP contribution >= 0.6 is 0 Å². The molecule has 0 aliphatic rings. The molecule has 0 aliphatic heterocycles. The van der Waals surface area contributed by atoms with E-state index in [0.29, 0.717) is 6.42 Å². The van der Waals surface area contributed by atoms with Gasteiger partial charge in [-0.2, -0.15) is 0 Å². The van der Waals surface area contributed by atoms with Gasteiger partial charge >= 0.3 is 5.97 Å². The maximum absolute atomic E-state index is 10.4. The SMILES string of the molecule is CCCCCCCCCCCCCCCCCCC=CCCCCCCC(=O)O. The van der Waals surface area contributed by atoms with Gasteiger partial charge in [-0.25, -0.2) is 0 Å². The van der Waals surface area contributed by atoms with Gasteiger partial charge in [0.05, 0.1) is 0 Å². The van der Waals surface area contributed by atoms with Crippen LogP contribution in [0.1, 0.15) is 155 Å². The number of allylic oxidation sites excluding steroid dienone is 2. The highest BCUT2D eigenvalue weighted by atomic mass is 16.4. The number of hydrogen-bond acceptors (Lipinski definition) is 1. The third kappa shape index (κ3) is 27.2. The molecule has 0 amide bonds. The first-order valence-corrected chi connectivity index (χ1v) is 13.1. The smallest absolute Gasteiger partial charge is 0.303 e. The highest BCUT2D eigenvalue weighted by molar-refractivity contribution is 5.66. The fourth-order valence-electron chi connectivity index (χ4n) is 3.94. The molecule has 2 heteroatoms. The molecule has 29 heavy (non-hydrogen) atoms. The lowest BCUT2D eigenvalue weighted by Gasteiger charge is -2.03. The third-order valence-corrected chi connectivity index (χ3v) is 5.90. The highest BCUT2D eigenvalue weighted by Crippen LogP contribution is 2.14. The summed E-state index contributed by atoms with van der Waals surface area (Å²) in [6.45, 7) is 2.29. The Bertz CT molecular complexity index is 348. The summed E-state index contributed by atoms with van der Waals surface area (Å²) in [6, 6.07) is 0. The Morgan fingerprint density at radius 1 is 0.517 bits per heavy atom. The van der Waals surface area contributed by atoms with E-state index in [1.54, 1.807) is 0 Å². The van der Waals surface area contributed by atoms with Gasteiger partial charge in [0.15, 0.2) is 0 Å². The Kier molecular flexibility index (Phi) is 24.6. The average molecular weight is 409 g/mol. The van der Waals surface area contributed by atoms with E-state index in [0.717, 1.165) is 25.7 Å². The quantitative estimate of drug-likeness (QED) is 0.127. The zero-order valence-electron chi connectivity index (χ0n) is 19.8. The standard InChI is InChI=1S/C27H52O2/c1-2-3-4-5-6-7-8-9-10-11-12-13-14-15-16-17-18-19-20-21-22-23-24-25-26-27(28)29/h19-20H,2-18,21-26H2,1H3,(H,28,29). The number of carbonyl (C=O) groups is 1. The topological polar surface area (TPSA) is 37.3 Å². The van der Waals surface area contributed by atoms with E-state index in [4.69, 9.17) is 5.11 Å². The Balaban J connectivity index is 3.07. The number of unbranched alkanes of at least 4 members (excludes halogenated alkanes) is 20. The van der Waals surface area contributed by atoms with Gasteiger partial charge in [-0.1, -0.05) is 128 Å². The number of aliphatic carboxylic acids is 1. The van der Waals surface area contributed by atoms with Crippen molar-refractivity contribution in [2.45, 2.75) is 155 Å². The van der Waals surface area contributed by atoms with Gasteiger partial charge in [-0.3, -0.25) is 4.79 Å². The minimum Gasteiger partial charge on any atom is -0.481 e. The fourth-order valence-corrected chi connectivity index (χ4v) is 3.94. The third-order valence-electron chi connectivity index (χ3n) is 5.90. The Labute approximate surface area is 182 Å². The summed E-state index contributed by atoms with van der Waals surface area (Å²) in [5, 5.41) is 8.58. The normalized spacial score (nSPS) is 11.5. The van der Waals surface area contributed by atoms with Crippen LogP contribution < -0.4 is 0 Å². The molecule has 0 saturated carbocycles. The van der Waals surface area contributed by atoms with Gasteiger partial charge in [-0.15, -0.1) is 0 Å². The summed E-state index contributed by atoms with van der Waals surface area (Å²) in [7, 11) is 0. The second-order valence-corrected chi connectivity index (χ2v) is 8.91. The van der Waals surface area contributed by atoms with Gasteiger partial charge in [0, 0.05) is 6.42 Å². The lowest BCUT2D eigenvalue weighted by Crippen LogP contribution is -1.93. The van der Waals surface area contributed by atoms with Crippen LogP contribution in [-0.2, 0) is 4.79 Å². The van der Waals surface area contributed by atoms with Gasteiger partial charge in [-0.05, 0) is 32.1 Å². The minimum absolute atomic E-state index is 0.328. The molecule has 0 radical (unpaired) electrons. The molecule has 0 aromatic carbocycles. The van der Waals surface area contributed by atoms with Crippen molar-refractivity contribution in [2.24, 2.45) is 0 Å². The molecule has 1 N–H and O–H groups in total. The number of hydrogen-bond donors (Lipinski definition) is 1. The molecule has 0 unspecified atom stereocenters. The Hall–Kier alpha value is -0.790. The van der Waals surface area contributed by atoms with E-state index in [1.807, 2.05) is 0 Å². The molecule has 2 nitrogen and oxygen atoms in total. The van der Waals surface area contributed by atoms with Crippen LogP contribution in [0.15, 0.2) is 12.2 Å². The van der Waals surface area contributed by atoms with Crippen molar-refractivity contribution in [2.75, 3.05) is 0 Å². The van der Waals surface area contributed by atoms with Crippen LogP contribution in [0.4, 0.5) is 0 Å². The Morgan fingerprint density at radius 2 is 0.828 bits per heavy atom.